The second-order valence-electron chi connectivity index (χ2n) is 4.97. The van der Waals surface area contributed by atoms with Gasteiger partial charge in [-0.2, -0.15) is 0 Å². The van der Waals surface area contributed by atoms with Gasteiger partial charge >= 0.3 is 0 Å². The van der Waals surface area contributed by atoms with Gasteiger partial charge in [-0.15, -0.1) is 10.2 Å². The maximum atomic E-state index is 5.38. The fraction of sp³-hybridized carbons (Fsp3) is 0.533. The van der Waals surface area contributed by atoms with E-state index in [1.807, 2.05) is 23.7 Å². The normalized spacial score (nSPS) is 11.7. The number of aliphatic imine (C=N–C) groups is 1. The van der Waals surface area contributed by atoms with Crippen LogP contribution in [0.15, 0.2) is 34.1 Å². The van der Waals surface area contributed by atoms with E-state index in [-0.39, 0.29) is 0 Å². The van der Waals surface area contributed by atoms with Crippen molar-refractivity contribution in [1.29, 1.82) is 0 Å². The van der Waals surface area contributed by atoms with E-state index in [0.29, 0.717) is 13.1 Å². The lowest BCUT2D eigenvalue weighted by molar-refractivity contribution is 0.400. The molecule has 2 aromatic rings. The van der Waals surface area contributed by atoms with E-state index in [0.717, 1.165) is 37.1 Å². The van der Waals surface area contributed by atoms with Crippen LogP contribution < -0.4 is 5.32 Å². The molecule has 2 rings (SSSR count). The molecule has 0 amide bonds. The highest BCUT2D eigenvalue weighted by Crippen LogP contribution is 2.04. The monoisotopic (exact) mass is 304 g/mol. The molecule has 0 aliphatic heterocycles. The van der Waals surface area contributed by atoms with Gasteiger partial charge in [-0.05, 0) is 19.1 Å². The van der Waals surface area contributed by atoms with E-state index in [4.69, 9.17) is 4.42 Å². The number of rotatable bonds is 7. The van der Waals surface area contributed by atoms with Crippen LogP contribution in [0.1, 0.15) is 25.4 Å². The van der Waals surface area contributed by atoms with Crippen molar-refractivity contribution in [1.82, 2.24) is 25.0 Å². The van der Waals surface area contributed by atoms with Crippen LogP contribution in [0.25, 0.3) is 0 Å². The molecule has 1 N–H and O–H groups in total. The summed E-state index contributed by atoms with van der Waals surface area (Å²) < 4.78 is 7.42. The highest BCUT2D eigenvalue weighted by molar-refractivity contribution is 5.79. The Bertz CT molecular complexity index is 575. The number of nitrogens with one attached hydrogen (secondary N) is 1. The Hall–Kier alpha value is -2.31. The fourth-order valence-electron chi connectivity index (χ4n) is 2.18. The quantitative estimate of drug-likeness (QED) is 0.620. The van der Waals surface area contributed by atoms with Crippen LogP contribution in [-0.2, 0) is 19.5 Å². The Labute approximate surface area is 131 Å². The van der Waals surface area contributed by atoms with Gasteiger partial charge in [0.2, 0.25) is 0 Å². The first-order valence-electron chi connectivity index (χ1n) is 7.63. The van der Waals surface area contributed by atoms with E-state index < -0.39 is 0 Å². The van der Waals surface area contributed by atoms with E-state index >= 15 is 0 Å². The number of guanidine groups is 1. The molecule has 0 aliphatic rings. The van der Waals surface area contributed by atoms with Gasteiger partial charge in [0.15, 0.2) is 5.96 Å². The topological polar surface area (TPSA) is 71.5 Å². The standard InChI is InChI=1S/C15H24N6O/c1-4-14-19-18-12-21(14)9-8-17-15(16-5-2)20(3)11-13-7-6-10-22-13/h6-7,10,12H,4-5,8-9,11H2,1-3H3,(H,16,17). The van der Waals surface area contributed by atoms with E-state index in [9.17, 15) is 0 Å². The molecule has 0 radical (unpaired) electrons. The molecular formula is C15H24N6O. The highest BCUT2D eigenvalue weighted by atomic mass is 16.3. The Morgan fingerprint density at radius 3 is 3.00 bits per heavy atom. The molecule has 22 heavy (non-hydrogen) atoms. The van der Waals surface area contributed by atoms with Crippen molar-refractivity contribution >= 4 is 5.96 Å². The van der Waals surface area contributed by atoms with Gasteiger partial charge in [-0.25, -0.2) is 0 Å². The van der Waals surface area contributed by atoms with Gasteiger partial charge in [0.05, 0.1) is 19.4 Å². The maximum Gasteiger partial charge on any atom is 0.194 e. The first-order chi connectivity index (χ1) is 10.7. The Morgan fingerprint density at radius 1 is 1.45 bits per heavy atom. The lowest BCUT2D eigenvalue weighted by Crippen LogP contribution is -2.38. The van der Waals surface area contributed by atoms with Gasteiger partial charge in [-0.1, -0.05) is 6.92 Å². The highest BCUT2D eigenvalue weighted by Gasteiger charge is 2.08. The van der Waals surface area contributed by atoms with Crippen molar-refractivity contribution < 1.29 is 4.42 Å². The molecule has 2 aromatic heterocycles. The van der Waals surface area contributed by atoms with Crippen LogP contribution in [0.5, 0.6) is 0 Å². The lowest BCUT2D eigenvalue weighted by atomic mass is 10.4. The molecule has 2 heterocycles. The van der Waals surface area contributed by atoms with Crippen LogP contribution in [-0.4, -0.2) is 45.8 Å². The summed E-state index contributed by atoms with van der Waals surface area (Å²) in [6, 6.07) is 3.86. The van der Waals surface area contributed by atoms with Gasteiger partial charge in [0, 0.05) is 26.6 Å². The van der Waals surface area contributed by atoms with Crippen molar-refractivity contribution in [3.05, 3.63) is 36.3 Å². The molecule has 0 bridgehead atoms. The van der Waals surface area contributed by atoms with Crippen molar-refractivity contribution in [2.45, 2.75) is 33.4 Å². The molecular weight excluding hydrogens is 280 g/mol. The summed E-state index contributed by atoms with van der Waals surface area (Å²) >= 11 is 0. The third-order valence-corrected chi connectivity index (χ3v) is 3.28. The number of hydrogen-bond acceptors (Lipinski definition) is 4. The minimum absolute atomic E-state index is 0.676. The average molecular weight is 304 g/mol. The minimum atomic E-state index is 0.676. The molecule has 7 heteroatoms. The second-order valence-corrected chi connectivity index (χ2v) is 4.97. The molecule has 7 nitrogen and oxygen atoms in total. The number of aromatic nitrogens is 3. The van der Waals surface area contributed by atoms with Gasteiger partial charge < -0.3 is 19.2 Å². The van der Waals surface area contributed by atoms with Crippen LogP contribution >= 0.6 is 0 Å². The first kappa shape index (κ1) is 16.1. The van der Waals surface area contributed by atoms with Gasteiger partial charge in [0.1, 0.15) is 17.9 Å². The van der Waals surface area contributed by atoms with E-state index in [2.05, 4.69) is 39.3 Å². The van der Waals surface area contributed by atoms with E-state index in [1.54, 1.807) is 12.6 Å². The molecule has 120 valence electrons. The largest absolute Gasteiger partial charge is 0.467 e. The molecule has 0 spiro atoms. The second kappa shape index (κ2) is 8.21. The Balaban J connectivity index is 1.94. The van der Waals surface area contributed by atoms with E-state index in [1.165, 1.54) is 0 Å². The molecule has 0 unspecified atom stereocenters. The zero-order valence-electron chi connectivity index (χ0n) is 13.5. The van der Waals surface area contributed by atoms with Crippen molar-refractivity contribution in [3.63, 3.8) is 0 Å². The number of aryl methyl sites for hydroxylation is 1. The summed E-state index contributed by atoms with van der Waals surface area (Å²) in [4.78, 5) is 6.71. The summed E-state index contributed by atoms with van der Waals surface area (Å²) in [5.74, 6) is 2.77. The maximum absolute atomic E-state index is 5.38. The fourth-order valence-corrected chi connectivity index (χ4v) is 2.18. The summed E-state index contributed by atoms with van der Waals surface area (Å²) in [5.41, 5.74) is 0. The molecule has 0 aromatic carbocycles. The van der Waals surface area contributed by atoms with Gasteiger partial charge in [-0.3, -0.25) is 4.99 Å². The number of furan rings is 1. The molecule has 0 saturated carbocycles. The van der Waals surface area contributed by atoms with Crippen LogP contribution in [0.4, 0.5) is 0 Å². The minimum Gasteiger partial charge on any atom is -0.467 e. The van der Waals surface area contributed by atoms with Gasteiger partial charge in [0.25, 0.3) is 0 Å². The van der Waals surface area contributed by atoms with Crippen LogP contribution in [0.3, 0.4) is 0 Å². The SMILES string of the molecule is CCNC(=NCCn1cnnc1CC)N(C)Cc1ccco1. The Morgan fingerprint density at radius 2 is 2.32 bits per heavy atom. The lowest BCUT2D eigenvalue weighted by Gasteiger charge is -2.21. The summed E-state index contributed by atoms with van der Waals surface area (Å²) in [7, 11) is 2.00. The van der Waals surface area contributed by atoms with Crippen LogP contribution in [0.2, 0.25) is 0 Å². The number of nitrogens with zero attached hydrogens (tertiary/aromatic N) is 5. The Kier molecular flexibility index (Phi) is 6.00. The molecule has 0 saturated heterocycles. The first-order valence-corrected chi connectivity index (χ1v) is 7.63. The molecule has 0 atom stereocenters. The van der Waals surface area contributed by atoms with Crippen LogP contribution in [0, 0.1) is 0 Å². The third kappa shape index (κ3) is 4.34. The summed E-state index contributed by atoms with van der Waals surface area (Å²) in [6.45, 7) is 7.10. The average Bonchev–Trinajstić information content (AvgIpc) is 3.17. The molecule has 0 fully saturated rings. The van der Waals surface area contributed by atoms with Crippen molar-refractivity contribution in [3.8, 4) is 0 Å². The summed E-state index contributed by atoms with van der Waals surface area (Å²) in [5, 5.41) is 11.3. The van der Waals surface area contributed by atoms with Crippen molar-refractivity contribution in [2.24, 2.45) is 4.99 Å². The predicted molar refractivity (Wildman–Crippen MR) is 85.6 cm³/mol. The smallest absolute Gasteiger partial charge is 0.194 e. The predicted octanol–water partition coefficient (Wildman–Crippen LogP) is 1.53. The molecule has 0 aliphatic carbocycles. The zero-order chi connectivity index (χ0) is 15.8. The number of hydrogen-bond donors (Lipinski definition) is 1. The summed E-state index contributed by atoms with van der Waals surface area (Å²) in [6.07, 6.45) is 4.32. The zero-order valence-corrected chi connectivity index (χ0v) is 13.5. The van der Waals surface area contributed by atoms with Crippen molar-refractivity contribution in [2.75, 3.05) is 20.1 Å². The third-order valence-electron chi connectivity index (χ3n) is 3.28.